The largest absolute Gasteiger partial charge is 0.393 e. The molecule has 0 bridgehead atoms. The highest BCUT2D eigenvalue weighted by Gasteiger charge is 2.15. The van der Waals surface area contributed by atoms with E-state index in [9.17, 15) is 9.90 Å². The Kier molecular flexibility index (Phi) is 3.65. The van der Waals surface area contributed by atoms with Crippen molar-refractivity contribution in [2.75, 3.05) is 0 Å². The maximum atomic E-state index is 10.4. The summed E-state index contributed by atoms with van der Waals surface area (Å²) in [6.07, 6.45) is 0.749. The van der Waals surface area contributed by atoms with Gasteiger partial charge in [0.15, 0.2) is 0 Å². The third-order valence-corrected chi connectivity index (χ3v) is 2.16. The number of aldehydes is 1. The Labute approximate surface area is 78.2 Å². The third kappa shape index (κ3) is 2.67. The van der Waals surface area contributed by atoms with Crippen LogP contribution < -0.4 is 0 Å². The van der Waals surface area contributed by atoms with Crippen LogP contribution in [0.25, 0.3) is 0 Å². The van der Waals surface area contributed by atoms with E-state index in [1.165, 1.54) is 0 Å². The van der Waals surface area contributed by atoms with E-state index < -0.39 is 6.10 Å². The molecule has 0 fully saturated rings. The highest BCUT2D eigenvalue weighted by Crippen LogP contribution is 2.21. The van der Waals surface area contributed by atoms with E-state index >= 15 is 0 Å². The summed E-state index contributed by atoms with van der Waals surface area (Å²) in [6, 6.07) is 9.61. The van der Waals surface area contributed by atoms with Gasteiger partial charge in [0.1, 0.15) is 6.29 Å². The number of carbonyl (C=O) groups is 1. The summed E-state index contributed by atoms with van der Waals surface area (Å²) < 4.78 is 0. The number of benzene rings is 1. The van der Waals surface area contributed by atoms with Crippen molar-refractivity contribution in [3.05, 3.63) is 35.9 Å². The number of rotatable bonds is 4. The lowest BCUT2D eigenvalue weighted by Crippen LogP contribution is -2.14. The van der Waals surface area contributed by atoms with Crippen LogP contribution in [-0.2, 0) is 4.79 Å². The van der Waals surface area contributed by atoms with Gasteiger partial charge in [-0.3, -0.25) is 0 Å². The average molecular weight is 178 g/mol. The number of aliphatic hydroxyl groups is 1. The van der Waals surface area contributed by atoms with Gasteiger partial charge in [-0.2, -0.15) is 0 Å². The van der Waals surface area contributed by atoms with Crippen molar-refractivity contribution in [2.45, 2.75) is 25.4 Å². The molecule has 0 aliphatic carbocycles. The van der Waals surface area contributed by atoms with Crippen molar-refractivity contribution in [1.82, 2.24) is 0 Å². The molecular formula is C11H14O2. The summed E-state index contributed by atoms with van der Waals surface area (Å²) in [7, 11) is 0. The maximum absolute atomic E-state index is 10.4. The van der Waals surface area contributed by atoms with Crippen molar-refractivity contribution in [1.29, 1.82) is 0 Å². The Morgan fingerprint density at radius 3 is 2.46 bits per heavy atom. The van der Waals surface area contributed by atoms with Crippen molar-refractivity contribution < 1.29 is 9.90 Å². The lowest BCUT2D eigenvalue weighted by atomic mass is 9.92. The molecule has 0 amide bonds. The predicted molar refractivity (Wildman–Crippen MR) is 51.5 cm³/mol. The molecule has 2 nitrogen and oxygen atoms in total. The fraction of sp³-hybridized carbons (Fsp3) is 0.364. The molecule has 0 aromatic heterocycles. The van der Waals surface area contributed by atoms with Gasteiger partial charge in [-0.1, -0.05) is 30.3 Å². The van der Waals surface area contributed by atoms with E-state index in [0.717, 1.165) is 11.8 Å². The monoisotopic (exact) mass is 178 g/mol. The van der Waals surface area contributed by atoms with Crippen LogP contribution in [0.2, 0.25) is 0 Å². The second kappa shape index (κ2) is 4.77. The van der Waals surface area contributed by atoms with Crippen LogP contribution in [0, 0.1) is 0 Å². The fourth-order valence-corrected chi connectivity index (χ4v) is 1.42. The summed E-state index contributed by atoms with van der Waals surface area (Å²) in [5, 5.41) is 9.44. The standard InChI is InChI=1S/C11H14O2/c1-9(13)11(7-8-12)10-5-3-2-4-6-10/h2-6,8-9,11,13H,7H2,1H3. The smallest absolute Gasteiger partial charge is 0.120 e. The second-order valence-electron chi connectivity index (χ2n) is 3.16. The summed E-state index contributed by atoms with van der Waals surface area (Å²) in [5.41, 5.74) is 1.02. The van der Waals surface area contributed by atoms with Gasteiger partial charge in [-0.05, 0) is 12.5 Å². The SMILES string of the molecule is CC(O)C(CC=O)c1ccccc1. The van der Waals surface area contributed by atoms with Gasteiger partial charge in [0.2, 0.25) is 0 Å². The summed E-state index contributed by atoms with van der Waals surface area (Å²) in [6.45, 7) is 1.71. The van der Waals surface area contributed by atoms with Crippen LogP contribution >= 0.6 is 0 Å². The minimum absolute atomic E-state index is 0.0706. The van der Waals surface area contributed by atoms with Crippen LogP contribution in [0.4, 0.5) is 0 Å². The quantitative estimate of drug-likeness (QED) is 0.713. The lowest BCUT2D eigenvalue weighted by molar-refractivity contribution is -0.108. The first-order valence-electron chi connectivity index (χ1n) is 4.42. The summed E-state index contributed by atoms with van der Waals surface area (Å²) in [4.78, 5) is 10.4. The van der Waals surface area contributed by atoms with Crippen molar-refractivity contribution in [3.8, 4) is 0 Å². The number of aliphatic hydroxyl groups excluding tert-OH is 1. The van der Waals surface area contributed by atoms with Crippen LogP contribution in [0.15, 0.2) is 30.3 Å². The van der Waals surface area contributed by atoms with Gasteiger partial charge in [-0.15, -0.1) is 0 Å². The Balaban J connectivity index is 2.82. The number of hydrogen-bond donors (Lipinski definition) is 1. The zero-order valence-corrected chi connectivity index (χ0v) is 7.68. The van der Waals surface area contributed by atoms with Gasteiger partial charge >= 0.3 is 0 Å². The average Bonchev–Trinajstić information content (AvgIpc) is 2.15. The van der Waals surface area contributed by atoms with E-state index in [0.29, 0.717) is 6.42 Å². The molecule has 0 saturated heterocycles. The van der Waals surface area contributed by atoms with Gasteiger partial charge in [0, 0.05) is 12.3 Å². The molecule has 0 spiro atoms. The molecule has 1 N–H and O–H groups in total. The molecule has 0 saturated carbocycles. The van der Waals surface area contributed by atoms with E-state index in [2.05, 4.69) is 0 Å². The Morgan fingerprint density at radius 2 is 2.00 bits per heavy atom. The van der Waals surface area contributed by atoms with Crippen LogP contribution in [0.3, 0.4) is 0 Å². The molecule has 2 unspecified atom stereocenters. The second-order valence-corrected chi connectivity index (χ2v) is 3.16. The van der Waals surface area contributed by atoms with Crippen LogP contribution in [0.5, 0.6) is 0 Å². The molecule has 2 heteroatoms. The Hall–Kier alpha value is -1.15. The van der Waals surface area contributed by atoms with Crippen molar-refractivity contribution in [2.24, 2.45) is 0 Å². The highest BCUT2D eigenvalue weighted by atomic mass is 16.3. The first-order chi connectivity index (χ1) is 6.25. The third-order valence-electron chi connectivity index (χ3n) is 2.16. The lowest BCUT2D eigenvalue weighted by Gasteiger charge is -2.17. The fourth-order valence-electron chi connectivity index (χ4n) is 1.42. The van der Waals surface area contributed by atoms with Gasteiger partial charge < -0.3 is 9.90 Å². The molecule has 0 radical (unpaired) electrons. The van der Waals surface area contributed by atoms with Gasteiger partial charge in [0.25, 0.3) is 0 Å². The van der Waals surface area contributed by atoms with Crippen molar-refractivity contribution in [3.63, 3.8) is 0 Å². The van der Waals surface area contributed by atoms with Crippen LogP contribution in [-0.4, -0.2) is 17.5 Å². The zero-order valence-electron chi connectivity index (χ0n) is 7.68. The minimum Gasteiger partial charge on any atom is -0.393 e. The molecular weight excluding hydrogens is 164 g/mol. The van der Waals surface area contributed by atoms with Gasteiger partial charge in [-0.25, -0.2) is 0 Å². The first-order valence-corrected chi connectivity index (χ1v) is 4.42. The molecule has 1 rings (SSSR count). The molecule has 13 heavy (non-hydrogen) atoms. The molecule has 70 valence electrons. The van der Waals surface area contributed by atoms with E-state index in [-0.39, 0.29) is 5.92 Å². The van der Waals surface area contributed by atoms with E-state index in [4.69, 9.17) is 0 Å². The highest BCUT2D eigenvalue weighted by molar-refractivity contribution is 5.51. The number of carbonyl (C=O) groups excluding carboxylic acids is 1. The molecule has 0 heterocycles. The minimum atomic E-state index is -0.479. The molecule has 1 aromatic rings. The molecule has 0 aliphatic rings. The normalized spacial score (nSPS) is 14.9. The van der Waals surface area contributed by atoms with Crippen LogP contribution in [0.1, 0.15) is 24.8 Å². The van der Waals surface area contributed by atoms with Gasteiger partial charge in [0.05, 0.1) is 6.10 Å². The van der Waals surface area contributed by atoms with E-state index in [1.807, 2.05) is 30.3 Å². The topological polar surface area (TPSA) is 37.3 Å². The molecule has 2 atom stereocenters. The maximum Gasteiger partial charge on any atom is 0.120 e. The zero-order chi connectivity index (χ0) is 9.68. The molecule has 0 aliphatic heterocycles. The Bertz CT molecular complexity index is 254. The first kappa shape index (κ1) is 9.93. The van der Waals surface area contributed by atoms with Crippen molar-refractivity contribution >= 4 is 6.29 Å². The predicted octanol–water partition coefficient (Wildman–Crippen LogP) is 1.74. The summed E-state index contributed by atoms with van der Waals surface area (Å²) in [5.74, 6) is -0.0706. The van der Waals surface area contributed by atoms with E-state index in [1.54, 1.807) is 6.92 Å². The molecule has 1 aromatic carbocycles. The summed E-state index contributed by atoms with van der Waals surface area (Å²) >= 11 is 0. The Morgan fingerprint density at radius 1 is 1.38 bits per heavy atom. The number of hydrogen-bond acceptors (Lipinski definition) is 2.